The van der Waals surface area contributed by atoms with E-state index in [9.17, 15) is 10.1 Å². The number of amides is 1. The molecule has 0 radical (unpaired) electrons. The van der Waals surface area contributed by atoms with Crippen LogP contribution in [-0.2, 0) is 12.0 Å². The molecule has 5 aromatic rings. The van der Waals surface area contributed by atoms with E-state index >= 15 is 0 Å². The number of fused-ring (bicyclic) bond motifs is 1. The zero-order valence-electron chi connectivity index (χ0n) is 23.4. The maximum Gasteiger partial charge on any atom is 0.274 e. The van der Waals surface area contributed by atoms with Crippen molar-refractivity contribution in [1.82, 2.24) is 15.0 Å². The minimum Gasteiger partial charge on any atom is -0.497 e. The summed E-state index contributed by atoms with van der Waals surface area (Å²) in [5.74, 6) is 1.22. The van der Waals surface area contributed by atoms with Crippen LogP contribution in [0.3, 0.4) is 0 Å². The number of benzene rings is 2. The van der Waals surface area contributed by atoms with E-state index in [0.29, 0.717) is 12.2 Å². The fourth-order valence-electron chi connectivity index (χ4n) is 4.42. The Morgan fingerprint density at radius 1 is 0.976 bits per heavy atom. The van der Waals surface area contributed by atoms with Crippen molar-refractivity contribution in [2.24, 2.45) is 0 Å². The van der Waals surface area contributed by atoms with Gasteiger partial charge < -0.3 is 15.4 Å². The predicted octanol–water partition coefficient (Wildman–Crippen LogP) is 6.67. The molecule has 204 valence electrons. The minimum atomic E-state index is -0.722. The summed E-state index contributed by atoms with van der Waals surface area (Å²) in [5, 5.41) is 16.6. The van der Waals surface area contributed by atoms with Gasteiger partial charge in [-0.2, -0.15) is 5.26 Å². The first-order chi connectivity index (χ1) is 19.8. The van der Waals surface area contributed by atoms with Crippen LogP contribution in [0.5, 0.6) is 5.75 Å². The van der Waals surface area contributed by atoms with Crippen molar-refractivity contribution < 1.29 is 9.53 Å². The van der Waals surface area contributed by atoms with Gasteiger partial charge in [0.25, 0.3) is 5.91 Å². The van der Waals surface area contributed by atoms with Crippen molar-refractivity contribution in [3.63, 3.8) is 0 Å². The number of nitrogens with one attached hydrogen (secondary N) is 2. The number of rotatable bonds is 8. The lowest BCUT2D eigenvalue weighted by Gasteiger charge is -2.16. The van der Waals surface area contributed by atoms with Gasteiger partial charge in [0.2, 0.25) is 0 Å². The molecule has 41 heavy (non-hydrogen) atoms. The van der Waals surface area contributed by atoms with Crippen LogP contribution in [-0.4, -0.2) is 28.0 Å². The van der Waals surface area contributed by atoms with Crippen molar-refractivity contribution in [3.8, 4) is 22.9 Å². The molecule has 0 unspecified atom stereocenters. The number of aryl methyl sites for hydroxylation is 1. The Balaban J connectivity index is 1.33. The Hall–Kier alpha value is -5.29. The number of nitrogens with zero attached hydrogens (tertiary/aromatic N) is 4. The smallest absolute Gasteiger partial charge is 0.274 e. The van der Waals surface area contributed by atoms with Gasteiger partial charge in [-0.15, -0.1) is 0 Å². The van der Waals surface area contributed by atoms with Crippen LogP contribution in [0.1, 0.15) is 41.0 Å². The van der Waals surface area contributed by atoms with E-state index in [-0.39, 0.29) is 11.6 Å². The Morgan fingerprint density at radius 2 is 1.78 bits per heavy atom. The summed E-state index contributed by atoms with van der Waals surface area (Å²) in [6, 6.07) is 23.3. The second kappa shape index (κ2) is 11.4. The monoisotopic (exact) mass is 542 g/mol. The molecule has 0 saturated carbocycles. The highest BCUT2D eigenvalue weighted by Gasteiger charge is 2.21. The molecule has 1 amide bonds. The summed E-state index contributed by atoms with van der Waals surface area (Å²) in [4.78, 5) is 26.5. The van der Waals surface area contributed by atoms with Gasteiger partial charge in [0.15, 0.2) is 0 Å². The van der Waals surface area contributed by atoms with Crippen molar-refractivity contribution in [2.45, 2.75) is 32.7 Å². The van der Waals surface area contributed by atoms with Crippen LogP contribution in [0.2, 0.25) is 0 Å². The maximum absolute atomic E-state index is 13.0. The van der Waals surface area contributed by atoms with E-state index < -0.39 is 5.41 Å². The molecule has 2 N–H and O–H groups in total. The Morgan fingerprint density at radius 3 is 2.54 bits per heavy atom. The fraction of sp³-hybridized carbons (Fsp3) is 0.182. The van der Waals surface area contributed by atoms with E-state index in [1.165, 1.54) is 0 Å². The SMILES string of the molecule is COc1ccc(CNc2cc3ncc(-c4cc(NC(=O)c5cc(C(C)(C)C#N)ccn5)ccc4C)cc3cn2)cc1. The van der Waals surface area contributed by atoms with E-state index in [1.54, 1.807) is 25.4 Å². The Bertz CT molecular complexity index is 1770. The number of methoxy groups -OCH3 is 1. The first-order valence-corrected chi connectivity index (χ1v) is 13.2. The zero-order chi connectivity index (χ0) is 29.0. The van der Waals surface area contributed by atoms with Gasteiger partial charge >= 0.3 is 0 Å². The lowest BCUT2D eigenvalue weighted by atomic mass is 9.86. The molecule has 5 rings (SSSR count). The highest BCUT2D eigenvalue weighted by molar-refractivity contribution is 6.03. The standard InChI is InChI=1S/C33H30N6O2/c1-21-5-8-26(39-32(40)30-14-25(11-12-35-30)33(2,3)20-34)15-28(21)23-13-24-19-38-31(16-29(24)36-18-23)37-17-22-6-9-27(41-4)10-7-22/h5-16,18-19H,17H2,1-4H3,(H,37,38)(H,39,40). The molecular formula is C33H30N6O2. The predicted molar refractivity (Wildman–Crippen MR) is 161 cm³/mol. The van der Waals surface area contributed by atoms with Crippen molar-refractivity contribution in [1.29, 1.82) is 5.26 Å². The summed E-state index contributed by atoms with van der Waals surface area (Å²) in [5.41, 5.74) is 5.77. The molecule has 0 aliphatic heterocycles. The third-order valence-electron chi connectivity index (χ3n) is 7.00. The van der Waals surface area contributed by atoms with Gasteiger partial charge in [-0.05, 0) is 85.5 Å². The number of hydrogen-bond donors (Lipinski definition) is 2. The highest BCUT2D eigenvalue weighted by atomic mass is 16.5. The minimum absolute atomic E-state index is 0.253. The number of nitriles is 1. The summed E-state index contributed by atoms with van der Waals surface area (Å²) in [7, 11) is 1.65. The van der Waals surface area contributed by atoms with E-state index in [1.807, 2.05) is 87.8 Å². The number of hydrogen-bond acceptors (Lipinski definition) is 7. The molecule has 0 atom stereocenters. The third-order valence-corrected chi connectivity index (χ3v) is 7.00. The van der Waals surface area contributed by atoms with Crippen LogP contribution in [0.25, 0.3) is 22.0 Å². The number of aromatic nitrogens is 3. The van der Waals surface area contributed by atoms with E-state index in [4.69, 9.17) is 9.72 Å². The molecule has 8 heteroatoms. The molecule has 8 nitrogen and oxygen atoms in total. The lowest BCUT2D eigenvalue weighted by molar-refractivity contribution is 0.102. The second-order valence-corrected chi connectivity index (χ2v) is 10.3. The van der Waals surface area contributed by atoms with E-state index in [2.05, 4.69) is 26.7 Å². The number of ether oxygens (including phenoxy) is 1. The topological polar surface area (TPSA) is 113 Å². The molecular weight excluding hydrogens is 512 g/mol. The summed E-state index contributed by atoms with van der Waals surface area (Å²) >= 11 is 0. The average molecular weight is 543 g/mol. The summed E-state index contributed by atoms with van der Waals surface area (Å²) in [6.07, 6.45) is 5.20. The number of pyridine rings is 3. The van der Waals surface area contributed by atoms with Gasteiger partial charge in [-0.1, -0.05) is 18.2 Å². The zero-order valence-corrected chi connectivity index (χ0v) is 23.4. The molecule has 2 aromatic carbocycles. The molecule has 3 aromatic heterocycles. The van der Waals surface area contributed by atoms with E-state index in [0.717, 1.165) is 50.3 Å². The van der Waals surface area contributed by atoms with Crippen molar-refractivity contribution >= 4 is 28.3 Å². The Labute approximate surface area is 239 Å². The van der Waals surface area contributed by atoms with Gasteiger partial charge in [0, 0.05) is 47.8 Å². The van der Waals surface area contributed by atoms with Gasteiger partial charge in [0.05, 0.1) is 24.1 Å². The number of carbonyl (C=O) groups is 1. The van der Waals surface area contributed by atoms with Gasteiger partial charge in [-0.25, -0.2) is 4.98 Å². The number of carbonyl (C=O) groups excluding carboxylic acids is 1. The highest BCUT2D eigenvalue weighted by Crippen LogP contribution is 2.29. The second-order valence-electron chi connectivity index (χ2n) is 10.3. The lowest BCUT2D eigenvalue weighted by Crippen LogP contribution is -2.18. The normalized spacial score (nSPS) is 11.1. The molecule has 0 saturated heterocycles. The van der Waals surface area contributed by atoms with Crippen molar-refractivity contribution in [3.05, 3.63) is 108 Å². The van der Waals surface area contributed by atoms with Crippen LogP contribution in [0, 0.1) is 18.3 Å². The first-order valence-electron chi connectivity index (χ1n) is 13.2. The largest absolute Gasteiger partial charge is 0.497 e. The molecule has 3 heterocycles. The molecule has 0 fully saturated rings. The molecule has 0 bridgehead atoms. The fourth-order valence-corrected chi connectivity index (χ4v) is 4.42. The third kappa shape index (κ3) is 6.15. The van der Waals surface area contributed by atoms with Crippen LogP contribution >= 0.6 is 0 Å². The Kier molecular flexibility index (Phi) is 7.61. The number of anilines is 2. The average Bonchev–Trinajstić information content (AvgIpc) is 3.01. The first kappa shape index (κ1) is 27.3. The van der Waals surface area contributed by atoms with Gasteiger partial charge in [0.1, 0.15) is 17.3 Å². The van der Waals surface area contributed by atoms with Gasteiger partial charge in [-0.3, -0.25) is 14.8 Å². The summed E-state index contributed by atoms with van der Waals surface area (Å²) < 4.78 is 5.22. The van der Waals surface area contributed by atoms with Crippen LogP contribution in [0.4, 0.5) is 11.5 Å². The molecule has 0 spiro atoms. The molecule has 0 aliphatic rings. The van der Waals surface area contributed by atoms with Crippen LogP contribution < -0.4 is 15.4 Å². The maximum atomic E-state index is 13.0. The van der Waals surface area contributed by atoms with Crippen LogP contribution in [0.15, 0.2) is 85.3 Å². The quantitative estimate of drug-likeness (QED) is 0.225. The van der Waals surface area contributed by atoms with Crippen molar-refractivity contribution in [2.75, 3.05) is 17.7 Å². The molecule has 0 aliphatic carbocycles. The summed E-state index contributed by atoms with van der Waals surface area (Å²) in [6.45, 7) is 6.27.